The number of carbonyl (C=O) groups is 1. The van der Waals surface area contributed by atoms with Crippen LogP contribution in [0.1, 0.15) is 22.8 Å². The molecule has 2 rings (SSSR count). The molecule has 0 radical (unpaired) electrons. The highest BCUT2D eigenvalue weighted by molar-refractivity contribution is 9.10. The molecule has 0 aliphatic rings. The van der Waals surface area contributed by atoms with Gasteiger partial charge in [-0.25, -0.2) is 0 Å². The fourth-order valence-electron chi connectivity index (χ4n) is 1.86. The van der Waals surface area contributed by atoms with Crippen LogP contribution in [0, 0.1) is 0 Å². The first-order valence-corrected chi connectivity index (χ1v) is 6.97. The van der Waals surface area contributed by atoms with E-state index in [4.69, 9.17) is 9.47 Å². The van der Waals surface area contributed by atoms with Crippen molar-refractivity contribution >= 4 is 21.7 Å². The monoisotopic (exact) mass is 334 g/mol. The lowest BCUT2D eigenvalue weighted by molar-refractivity contribution is 0.101. The minimum atomic E-state index is -0.0443. The molecule has 0 unspecified atom stereocenters. The summed E-state index contributed by atoms with van der Waals surface area (Å²) < 4.78 is 11.7. The van der Waals surface area contributed by atoms with Crippen molar-refractivity contribution in [2.24, 2.45) is 0 Å². The molecule has 2 aromatic carbocycles. The van der Waals surface area contributed by atoms with E-state index in [2.05, 4.69) is 15.9 Å². The van der Waals surface area contributed by atoms with E-state index in [-0.39, 0.29) is 5.78 Å². The number of ether oxygens (including phenoxy) is 2. The number of Topliss-reactive ketones (excluding diaryl/α,β-unsaturated/α-hetero) is 1. The van der Waals surface area contributed by atoms with Gasteiger partial charge in [-0.2, -0.15) is 0 Å². The van der Waals surface area contributed by atoms with Gasteiger partial charge in [0, 0.05) is 0 Å². The Morgan fingerprint density at radius 3 is 2.45 bits per heavy atom. The molecule has 104 valence electrons. The Labute approximate surface area is 126 Å². The first kappa shape index (κ1) is 14.6. The summed E-state index contributed by atoms with van der Waals surface area (Å²) in [5, 5.41) is 0. The van der Waals surface area contributed by atoms with E-state index in [9.17, 15) is 4.79 Å². The van der Waals surface area contributed by atoms with Crippen LogP contribution in [-0.2, 0) is 6.61 Å². The maximum absolute atomic E-state index is 11.5. The molecule has 0 atom stereocenters. The van der Waals surface area contributed by atoms with Gasteiger partial charge in [-0.05, 0) is 40.5 Å². The van der Waals surface area contributed by atoms with Crippen LogP contribution in [0.4, 0.5) is 0 Å². The third-order valence-corrected chi connectivity index (χ3v) is 3.63. The zero-order valence-electron chi connectivity index (χ0n) is 11.4. The summed E-state index contributed by atoms with van der Waals surface area (Å²) in [4.78, 5) is 11.5. The fraction of sp³-hybridized carbons (Fsp3) is 0.188. The van der Waals surface area contributed by atoms with E-state index in [1.54, 1.807) is 12.1 Å². The summed E-state index contributed by atoms with van der Waals surface area (Å²) in [6.45, 7) is 1.97. The summed E-state index contributed by atoms with van der Waals surface area (Å²) in [6, 6.07) is 13.4. The number of benzene rings is 2. The van der Waals surface area contributed by atoms with Crippen molar-refractivity contribution in [3.8, 4) is 11.5 Å². The minimum Gasteiger partial charge on any atom is -0.495 e. The van der Waals surface area contributed by atoms with Crippen LogP contribution in [0.3, 0.4) is 0 Å². The van der Waals surface area contributed by atoms with Gasteiger partial charge in [-0.1, -0.05) is 30.3 Å². The van der Waals surface area contributed by atoms with Crippen LogP contribution in [0.25, 0.3) is 0 Å². The van der Waals surface area contributed by atoms with Crippen molar-refractivity contribution in [2.75, 3.05) is 7.11 Å². The lowest BCUT2D eigenvalue weighted by Gasteiger charge is -2.13. The van der Waals surface area contributed by atoms with Gasteiger partial charge in [0.25, 0.3) is 0 Å². The van der Waals surface area contributed by atoms with Crippen molar-refractivity contribution in [2.45, 2.75) is 13.5 Å². The minimum absolute atomic E-state index is 0.0443. The van der Waals surface area contributed by atoms with E-state index >= 15 is 0 Å². The first-order valence-electron chi connectivity index (χ1n) is 6.17. The van der Waals surface area contributed by atoms with E-state index in [0.29, 0.717) is 28.1 Å². The molecule has 0 heterocycles. The molecule has 20 heavy (non-hydrogen) atoms. The Morgan fingerprint density at radius 2 is 1.85 bits per heavy atom. The van der Waals surface area contributed by atoms with Gasteiger partial charge in [0.1, 0.15) is 22.6 Å². The smallest absolute Gasteiger partial charge is 0.163 e. The summed E-state index contributed by atoms with van der Waals surface area (Å²) >= 11 is 3.43. The third kappa shape index (κ3) is 3.20. The molecule has 0 bridgehead atoms. The molecule has 2 aromatic rings. The van der Waals surface area contributed by atoms with Crippen molar-refractivity contribution in [1.29, 1.82) is 0 Å². The summed E-state index contributed by atoms with van der Waals surface area (Å²) in [7, 11) is 1.54. The van der Waals surface area contributed by atoms with Gasteiger partial charge < -0.3 is 9.47 Å². The topological polar surface area (TPSA) is 35.5 Å². The van der Waals surface area contributed by atoms with Crippen molar-refractivity contribution < 1.29 is 14.3 Å². The van der Waals surface area contributed by atoms with E-state index in [1.807, 2.05) is 30.3 Å². The van der Waals surface area contributed by atoms with E-state index < -0.39 is 0 Å². The number of halogens is 1. The van der Waals surface area contributed by atoms with Crippen LogP contribution in [0.15, 0.2) is 46.9 Å². The van der Waals surface area contributed by atoms with Crippen LogP contribution in [-0.4, -0.2) is 12.9 Å². The van der Waals surface area contributed by atoms with Crippen LogP contribution >= 0.6 is 15.9 Å². The molecule has 0 aliphatic heterocycles. The molecule has 0 N–H and O–H groups in total. The SMILES string of the molecule is COc1c(C(C)=O)ccc(OCc2ccccc2)c1Br. The highest BCUT2D eigenvalue weighted by atomic mass is 79.9. The van der Waals surface area contributed by atoms with E-state index in [1.165, 1.54) is 14.0 Å². The maximum Gasteiger partial charge on any atom is 0.163 e. The molecule has 0 amide bonds. The predicted molar refractivity (Wildman–Crippen MR) is 81.5 cm³/mol. The Hall–Kier alpha value is -1.81. The number of carbonyl (C=O) groups excluding carboxylic acids is 1. The molecule has 0 saturated heterocycles. The highest BCUT2D eigenvalue weighted by Crippen LogP contribution is 2.37. The average Bonchev–Trinajstić information content (AvgIpc) is 2.46. The molecular weight excluding hydrogens is 320 g/mol. The van der Waals surface area contributed by atoms with E-state index in [0.717, 1.165) is 5.56 Å². The Bertz CT molecular complexity index is 609. The molecular formula is C16H15BrO3. The molecule has 0 fully saturated rings. The summed E-state index contributed by atoms with van der Waals surface area (Å²) in [6.07, 6.45) is 0. The van der Waals surface area contributed by atoms with Crippen LogP contribution in [0.2, 0.25) is 0 Å². The first-order chi connectivity index (χ1) is 9.63. The quantitative estimate of drug-likeness (QED) is 0.767. The Kier molecular flexibility index (Phi) is 4.79. The van der Waals surface area contributed by atoms with Gasteiger partial charge in [-0.3, -0.25) is 4.79 Å². The van der Waals surface area contributed by atoms with Crippen molar-refractivity contribution in [1.82, 2.24) is 0 Å². The molecule has 0 saturated carbocycles. The maximum atomic E-state index is 11.5. The van der Waals surface area contributed by atoms with Gasteiger partial charge >= 0.3 is 0 Å². The lowest BCUT2D eigenvalue weighted by Crippen LogP contribution is -2.01. The highest BCUT2D eigenvalue weighted by Gasteiger charge is 2.15. The number of ketones is 1. The summed E-state index contributed by atoms with van der Waals surface area (Å²) in [5.74, 6) is 1.11. The largest absolute Gasteiger partial charge is 0.495 e. The standard InChI is InChI=1S/C16H15BrO3/c1-11(18)13-8-9-14(15(17)16(13)19-2)20-10-12-6-4-3-5-7-12/h3-9H,10H2,1-2H3. The van der Waals surface area contributed by atoms with Gasteiger partial charge in [-0.15, -0.1) is 0 Å². The van der Waals surface area contributed by atoms with Gasteiger partial charge in [0.15, 0.2) is 5.78 Å². The molecule has 4 heteroatoms. The number of rotatable bonds is 5. The molecule has 3 nitrogen and oxygen atoms in total. The number of methoxy groups -OCH3 is 1. The molecule has 0 aliphatic carbocycles. The second-order valence-corrected chi connectivity index (χ2v) is 5.08. The second-order valence-electron chi connectivity index (χ2n) is 4.29. The van der Waals surface area contributed by atoms with Gasteiger partial charge in [0.2, 0.25) is 0 Å². The zero-order valence-corrected chi connectivity index (χ0v) is 12.9. The molecule has 0 aromatic heterocycles. The number of hydrogen-bond donors (Lipinski definition) is 0. The molecule has 0 spiro atoms. The van der Waals surface area contributed by atoms with Crippen molar-refractivity contribution in [3.63, 3.8) is 0 Å². The zero-order chi connectivity index (χ0) is 14.5. The van der Waals surface area contributed by atoms with Gasteiger partial charge in [0.05, 0.1) is 12.7 Å². The summed E-state index contributed by atoms with van der Waals surface area (Å²) in [5.41, 5.74) is 1.61. The normalized spacial score (nSPS) is 10.2. The lowest BCUT2D eigenvalue weighted by atomic mass is 10.1. The van der Waals surface area contributed by atoms with Crippen LogP contribution < -0.4 is 9.47 Å². The Morgan fingerprint density at radius 1 is 1.15 bits per heavy atom. The number of hydrogen-bond acceptors (Lipinski definition) is 3. The Balaban J connectivity index is 2.23. The van der Waals surface area contributed by atoms with Crippen LogP contribution in [0.5, 0.6) is 11.5 Å². The van der Waals surface area contributed by atoms with Crippen molar-refractivity contribution in [3.05, 3.63) is 58.1 Å². The third-order valence-electron chi connectivity index (χ3n) is 2.88. The average molecular weight is 335 g/mol. The fourth-order valence-corrected chi connectivity index (χ4v) is 2.48. The second kappa shape index (κ2) is 6.57. The predicted octanol–water partition coefficient (Wildman–Crippen LogP) is 4.24.